The van der Waals surface area contributed by atoms with Crippen molar-refractivity contribution in [1.82, 2.24) is 4.90 Å². The number of carbonyl (C=O) groups is 1. The second kappa shape index (κ2) is 8.36. The molecule has 28 heavy (non-hydrogen) atoms. The number of benzene rings is 2. The topological polar surface area (TPSA) is 38.8 Å². The lowest BCUT2D eigenvalue weighted by Crippen LogP contribution is -2.34. The zero-order chi connectivity index (χ0) is 21.3. The molecule has 4 nitrogen and oxygen atoms in total. The van der Waals surface area contributed by atoms with E-state index in [1.165, 1.54) is 5.56 Å². The molecule has 1 saturated heterocycles. The summed E-state index contributed by atoms with van der Waals surface area (Å²) in [6, 6.07) is 13.9. The van der Waals surface area contributed by atoms with Crippen LogP contribution in [0.5, 0.6) is 11.5 Å². The minimum Gasteiger partial charge on any atom is -0.493 e. The molecule has 1 aliphatic heterocycles. The summed E-state index contributed by atoms with van der Waals surface area (Å²) in [4.78, 5) is 15.5. The minimum atomic E-state index is -1.53. The maximum atomic E-state index is 13.1. The first kappa shape index (κ1) is 16.6. The van der Waals surface area contributed by atoms with Crippen LogP contribution in [0.4, 0.5) is 0 Å². The number of likely N-dealkylation sites (tertiary alicyclic amines) is 1. The zero-order valence-corrected chi connectivity index (χ0v) is 16.6. The molecule has 0 N–H and O–H groups in total. The molecule has 148 valence electrons. The van der Waals surface area contributed by atoms with Gasteiger partial charge >= 0.3 is 0 Å². The highest BCUT2D eigenvalue weighted by Gasteiger charge is 2.34. The average Bonchev–Trinajstić information content (AvgIpc) is 3.10. The van der Waals surface area contributed by atoms with E-state index in [0.717, 1.165) is 38.0 Å². The van der Waals surface area contributed by atoms with Crippen molar-refractivity contribution in [2.24, 2.45) is 11.8 Å². The number of hydrogen-bond donors (Lipinski definition) is 0. The third kappa shape index (κ3) is 3.93. The molecule has 1 heterocycles. The maximum Gasteiger partial charge on any atom is 0.166 e. The van der Waals surface area contributed by atoms with Crippen LogP contribution in [0.3, 0.4) is 0 Å². The van der Waals surface area contributed by atoms with E-state index in [-0.39, 0.29) is 11.7 Å². The van der Waals surface area contributed by atoms with E-state index in [1.54, 1.807) is 20.3 Å². The quantitative estimate of drug-likeness (QED) is 0.745. The number of methoxy groups -OCH3 is 2. The Kier molecular flexibility index (Phi) is 4.96. The highest BCUT2D eigenvalue weighted by molar-refractivity contribution is 6.02. The fourth-order valence-electron chi connectivity index (χ4n) is 4.34. The molecular weight excluding hydrogens is 350 g/mol. The Morgan fingerprint density at radius 3 is 2.43 bits per heavy atom. The number of piperidine rings is 1. The van der Waals surface area contributed by atoms with Crippen LogP contribution in [-0.2, 0) is 13.0 Å². The van der Waals surface area contributed by atoms with E-state index in [1.807, 2.05) is 24.3 Å². The van der Waals surface area contributed by atoms with Gasteiger partial charge in [0.05, 0.1) is 14.2 Å². The van der Waals surface area contributed by atoms with Crippen LogP contribution < -0.4 is 9.47 Å². The van der Waals surface area contributed by atoms with Gasteiger partial charge in [-0.2, -0.15) is 0 Å². The lowest BCUT2D eigenvalue weighted by Gasteiger charge is -2.32. The summed E-state index contributed by atoms with van der Waals surface area (Å²) in [5.41, 5.74) is 2.71. The number of rotatable bonds is 6. The van der Waals surface area contributed by atoms with Crippen LogP contribution in [0.1, 0.15) is 43.4 Å². The van der Waals surface area contributed by atoms with Gasteiger partial charge in [0.2, 0.25) is 0 Å². The molecule has 4 rings (SSSR count). The number of ether oxygens (including phenoxy) is 2. The molecule has 2 aliphatic rings. The Morgan fingerprint density at radius 2 is 1.75 bits per heavy atom. The van der Waals surface area contributed by atoms with Crippen LogP contribution in [0.25, 0.3) is 0 Å². The van der Waals surface area contributed by atoms with Gasteiger partial charge in [0, 0.05) is 20.8 Å². The van der Waals surface area contributed by atoms with Gasteiger partial charge in [0.25, 0.3) is 0 Å². The van der Waals surface area contributed by atoms with Crippen LogP contribution in [0, 0.1) is 11.8 Å². The van der Waals surface area contributed by atoms with Gasteiger partial charge in [-0.15, -0.1) is 0 Å². The Bertz CT molecular complexity index is 908. The van der Waals surface area contributed by atoms with Crippen molar-refractivity contribution in [3.63, 3.8) is 0 Å². The fourth-order valence-corrected chi connectivity index (χ4v) is 4.34. The Labute approximate surface area is 170 Å². The molecule has 1 fully saturated rings. The monoisotopic (exact) mass is 381 g/mol. The number of fused-ring (bicyclic) bond motifs is 1. The molecule has 0 radical (unpaired) electrons. The molecule has 4 heteroatoms. The van der Waals surface area contributed by atoms with Crippen molar-refractivity contribution in [2.75, 3.05) is 27.3 Å². The van der Waals surface area contributed by atoms with Crippen molar-refractivity contribution in [2.45, 2.75) is 32.2 Å². The third-order valence-electron chi connectivity index (χ3n) is 5.89. The average molecular weight is 382 g/mol. The number of Topliss-reactive ketones (excluding diaryl/α,β-unsaturated/α-hetero) is 1. The molecule has 0 saturated carbocycles. The predicted octanol–water partition coefficient (Wildman–Crippen LogP) is 4.36. The standard InChI is InChI=1S/C24H29NO3/c1-27-22-14-19-13-20(24(26)21(19)15-23(22)28-2)12-17-8-10-25(11-9-17)16-18-6-4-3-5-7-18/h3-7,14-15,17,20H,8-13,16H2,1-2H3/i12D2. The normalized spacial score (nSPS) is 21.8. The largest absolute Gasteiger partial charge is 0.493 e. The van der Waals surface area contributed by atoms with Gasteiger partial charge in [-0.3, -0.25) is 9.69 Å². The highest BCUT2D eigenvalue weighted by atomic mass is 16.5. The summed E-state index contributed by atoms with van der Waals surface area (Å²) in [5.74, 6) is 0.230. The summed E-state index contributed by atoms with van der Waals surface area (Å²) in [5, 5.41) is 0. The first-order chi connectivity index (χ1) is 14.4. The lowest BCUT2D eigenvalue weighted by atomic mass is 9.85. The Balaban J connectivity index is 1.44. The smallest absolute Gasteiger partial charge is 0.166 e. The molecule has 1 unspecified atom stereocenters. The molecule has 0 spiro atoms. The summed E-state index contributed by atoms with van der Waals surface area (Å²) in [7, 11) is 3.12. The Morgan fingerprint density at radius 1 is 1.07 bits per heavy atom. The van der Waals surface area contributed by atoms with E-state index in [2.05, 4.69) is 17.0 Å². The van der Waals surface area contributed by atoms with Crippen molar-refractivity contribution < 1.29 is 17.0 Å². The molecule has 1 aliphatic carbocycles. The van der Waals surface area contributed by atoms with Crippen LogP contribution in [0.15, 0.2) is 42.5 Å². The van der Waals surface area contributed by atoms with Crippen LogP contribution >= 0.6 is 0 Å². The predicted molar refractivity (Wildman–Crippen MR) is 110 cm³/mol. The Hall–Kier alpha value is -2.33. The third-order valence-corrected chi connectivity index (χ3v) is 5.89. The zero-order valence-electron chi connectivity index (χ0n) is 18.6. The fraction of sp³-hybridized carbons (Fsp3) is 0.458. The van der Waals surface area contributed by atoms with Gasteiger partial charge in [0.1, 0.15) is 0 Å². The van der Waals surface area contributed by atoms with Crippen molar-refractivity contribution in [1.29, 1.82) is 0 Å². The van der Waals surface area contributed by atoms with Gasteiger partial charge in [-0.1, -0.05) is 30.3 Å². The SMILES string of the molecule is [2H]C([2H])(C1CCN(Cc2ccccc2)CC1)C1Cc2cc(OC)c(OC)cc2C1=O. The summed E-state index contributed by atoms with van der Waals surface area (Å²) >= 11 is 0. The van der Waals surface area contributed by atoms with E-state index >= 15 is 0 Å². The molecule has 0 bridgehead atoms. The van der Waals surface area contributed by atoms with Crippen molar-refractivity contribution >= 4 is 5.78 Å². The van der Waals surface area contributed by atoms with Gasteiger partial charge in [0.15, 0.2) is 17.3 Å². The van der Waals surface area contributed by atoms with E-state index < -0.39 is 12.3 Å². The van der Waals surface area contributed by atoms with Gasteiger partial charge < -0.3 is 9.47 Å². The number of hydrogen-bond acceptors (Lipinski definition) is 4. The van der Waals surface area contributed by atoms with Crippen molar-refractivity contribution in [3.8, 4) is 11.5 Å². The number of ketones is 1. The second-order valence-electron chi connectivity index (χ2n) is 7.69. The molecule has 0 aromatic heterocycles. The van der Waals surface area contributed by atoms with Gasteiger partial charge in [-0.25, -0.2) is 0 Å². The van der Waals surface area contributed by atoms with Crippen LogP contribution in [0.2, 0.25) is 0 Å². The molecule has 1 atom stereocenters. The van der Waals surface area contributed by atoms with E-state index in [9.17, 15) is 4.79 Å². The molecular formula is C24H29NO3. The van der Waals surface area contributed by atoms with E-state index in [4.69, 9.17) is 12.2 Å². The number of carbonyl (C=O) groups excluding carboxylic acids is 1. The number of nitrogens with zero attached hydrogens (tertiary/aromatic N) is 1. The maximum absolute atomic E-state index is 13.1. The molecule has 2 aromatic carbocycles. The molecule has 2 aromatic rings. The summed E-state index contributed by atoms with van der Waals surface area (Å²) in [6.45, 7) is 2.60. The lowest BCUT2D eigenvalue weighted by molar-refractivity contribution is 0.0895. The minimum absolute atomic E-state index is 0.109. The second-order valence-corrected chi connectivity index (χ2v) is 7.69. The first-order valence-corrected chi connectivity index (χ1v) is 9.99. The van der Waals surface area contributed by atoms with E-state index in [0.29, 0.717) is 23.5 Å². The van der Waals surface area contributed by atoms with Crippen LogP contribution in [-0.4, -0.2) is 38.0 Å². The summed E-state index contributed by atoms with van der Waals surface area (Å²) < 4.78 is 28.4. The van der Waals surface area contributed by atoms with Gasteiger partial charge in [-0.05, 0) is 67.9 Å². The summed E-state index contributed by atoms with van der Waals surface area (Å²) in [6.07, 6.45) is 0.431. The highest BCUT2D eigenvalue weighted by Crippen LogP contribution is 2.39. The van der Waals surface area contributed by atoms with Crippen molar-refractivity contribution in [3.05, 3.63) is 59.2 Å². The molecule has 0 amide bonds. The first-order valence-electron chi connectivity index (χ1n) is 11.0.